The number of allylic oxidation sites excluding steroid dienone is 6. The van der Waals surface area contributed by atoms with Gasteiger partial charge >= 0.3 is 0 Å². The zero-order valence-corrected chi connectivity index (χ0v) is 17.0. The minimum Gasteiger partial charge on any atom is -0.496 e. The van der Waals surface area contributed by atoms with Crippen LogP contribution < -0.4 is 15.8 Å². The average Bonchev–Trinajstić information content (AvgIpc) is 2.80. The number of nitrogens with one attached hydrogen (secondary N) is 1. The molecule has 1 heterocycles. The summed E-state index contributed by atoms with van der Waals surface area (Å²) < 4.78 is 18.8. The molecule has 1 atom stereocenters. The molecular formula is C24H22FN3O3. The number of ketones is 2. The number of carbonyl (C=O) groups excluding carboxylic acids is 2. The molecular weight excluding hydrogens is 397 g/mol. The number of carbonyl (C=O) groups is 2. The number of hydrogen-bond acceptors (Lipinski definition) is 6. The highest BCUT2D eigenvalue weighted by Gasteiger charge is 2.31. The molecule has 2 aliphatic carbocycles. The smallest absolute Gasteiger partial charge is 0.229 e. The largest absolute Gasteiger partial charge is 0.496 e. The maximum atomic E-state index is 13.3. The van der Waals surface area contributed by atoms with Gasteiger partial charge in [-0.2, -0.15) is 0 Å². The quantitative estimate of drug-likeness (QED) is 0.747. The highest BCUT2D eigenvalue weighted by molar-refractivity contribution is 6.25. The van der Waals surface area contributed by atoms with Gasteiger partial charge in [0.1, 0.15) is 29.0 Å². The average molecular weight is 419 g/mol. The summed E-state index contributed by atoms with van der Waals surface area (Å²) in [6, 6.07) is 8.99. The van der Waals surface area contributed by atoms with Gasteiger partial charge in [-0.25, -0.2) is 4.39 Å². The van der Waals surface area contributed by atoms with E-state index >= 15 is 0 Å². The molecule has 6 nitrogen and oxygen atoms in total. The van der Waals surface area contributed by atoms with Gasteiger partial charge in [-0.05, 0) is 47.4 Å². The van der Waals surface area contributed by atoms with E-state index in [0.29, 0.717) is 25.1 Å². The second kappa shape index (κ2) is 8.55. The molecule has 0 saturated heterocycles. The zero-order chi connectivity index (χ0) is 22.0. The summed E-state index contributed by atoms with van der Waals surface area (Å²) in [4.78, 5) is 29.1. The van der Waals surface area contributed by atoms with E-state index in [-0.39, 0.29) is 28.4 Å². The van der Waals surface area contributed by atoms with Gasteiger partial charge in [0.2, 0.25) is 11.6 Å². The van der Waals surface area contributed by atoms with Crippen LogP contribution in [0.15, 0.2) is 66.2 Å². The van der Waals surface area contributed by atoms with Gasteiger partial charge in [-0.15, -0.1) is 0 Å². The Morgan fingerprint density at radius 3 is 2.84 bits per heavy atom. The maximum Gasteiger partial charge on any atom is 0.229 e. The third-order valence-corrected chi connectivity index (χ3v) is 5.37. The van der Waals surface area contributed by atoms with Crippen LogP contribution in [0.1, 0.15) is 38.4 Å². The predicted molar refractivity (Wildman–Crippen MR) is 115 cm³/mol. The van der Waals surface area contributed by atoms with Crippen molar-refractivity contribution in [3.63, 3.8) is 0 Å². The van der Waals surface area contributed by atoms with Crippen molar-refractivity contribution in [3.8, 4) is 5.75 Å². The molecule has 158 valence electrons. The van der Waals surface area contributed by atoms with Crippen molar-refractivity contribution >= 4 is 17.1 Å². The van der Waals surface area contributed by atoms with Crippen LogP contribution in [-0.2, 0) is 6.42 Å². The second-order valence-corrected chi connectivity index (χ2v) is 7.32. The number of ether oxygens (including phenoxy) is 1. The van der Waals surface area contributed by atoms with Crippen LogP contribution in [0.2, 0.25) is 0 Å². The van der Waals surface area contributed by atoms with E-state index in [2.05, 4.69) is 10.3 Å². The number of methoxy groups -OCH3 is 1. The topological polar surface area (TPSA) is 94.3 Å². The Hall–Kier alpha value is -3.74. The number of halogens is 1. The molecule has 4 rings (SSSR count). The van der Waals surface area contributed by atoms with Gasteiger partial charge < -0.3 is 15.8 Å². The van der Waals surface area contributed by atoms with Crippen LogP contribution in [0.25, 0.3) is 5.57 Å². The van der Waals surface area contributed by atoms with Crippen molar-refractivity contribution in [3.05, 3.63) is 88.5 Å². The van der Waals surface area contributed by atoms with Gasteiger partial charge in [-0.1, -0.05) is 24.3 Å². The molecule has 0 aliphatic heterocycles. The first-order chi connectivity index (χ1) is 15.0. The Labute approximate surface area is 179 Å². The van der Waals surface area contributed by atoms with Crippen molar-refractivity contribution in [2.45, 2.75) is 19.0 Å². The summed E-state index contributed by atoms with van der Waals surface area (Å²) in [5.74, 6) is -0.104. The maximum absolute atomic E-state index is 13.3. The monoisotopic (exact) mass is 419 g/mol. The van der Waals surface area contributed by atoms with Crippen LogP contribution in [0.5, 0.6) is 5.75 Å². The summed E-state index contributed by atoms with van der Waals surface area (Å²) in [5.41, 5.74) is 9.04. The first-order valence-electron chi connectivity index (χ1n) is 9.97. The van der Waals surface area contributed by atoms with Crippen LogP contribution >= 0.6 is 0 Å². The lowest BCUT2D eigenvalue weighted by Gasteiger charge is -2.19. The Balaban J connectivity index is 1.47. The number of rotatable bonds is 6. The predicted octanol–water partition coefficient (Wildman–Crippen LogP) is 3.15. The van der Waals surface area contributed by atoms with Gasteiger partial charge in [0, 0.05) is 19.2 Å². The number of aromatic nitrogens is 1. The number of nitrogens with two attached hydrogens (primary N) is 1. The van der Waals surface area contributed by atoms with Gasteiger partial charge in [0.25, 0.3) is 0 Å². The van der Waals surface area contributed by atoms with Crippen LogP contribution in [0.4, 0.5) is 4.39 Å². The summed E-state index contributed by atoms with van der Waals surface area (Å²) in [6.45, 7) is 0.381. The summed E-state index contributed by atoms with van der Waals surface area (Å²) in [5, 5.41) is 3.01. The third-order valence-electron chi connectivity index (χ3n) is 5.37. The number of benzene rings is 1. The first-order valence-corrected chi connectivity index (χ1v) is 9.97. The lowest BCUT2D eigenvalue weighted by atomic mass is 9.94. The van der Waals surface area contributed by atoms with E-state index in [9.17, 15) is 14.0 Å². The van der Waals surface area contributed by atoms with Crippen LogP contribution in [0.3, 0.4) is 0 Å². The summed E-state index contributed by atoms with van der Waals surface area (Å²) in [6.07, 6.45) is 6.63. The minimum atomic E-state index is -0.935. The third kappa shape index (κ3) is 3.99. The summed E-state index contributed by atoms with van der Waals surface area (Å²) in [7, 11) is 1.59. The van der Waals surface area contributed by atoms with Gasteiger partial charge in [0.15, 0.2) is 0 Å². The standard InChI is InChI=1S/C24H22FN3O3/c1-31-19-13-16(14-6-8-17(25)9-7-14)5-4-15(19)10-12-28-22-20(26)24(30)21-18(23(22)29)3-2-11-27-21/h2-8,11,13,17,28H,9-10,12,26H2,1H3. The molecule has 0 spiro atoms. The fraction of sp³-hybridized carbons (Fsp3) is 0.208. The Morgan fingerprint density at radius 1 is 1.26 bits per heavy atom. The molecule has 0 radical (unpaired) electrons. The number of fused-ring (bicyclic) bond motifs is 1. The minimum absolute atomic E-state index is 0.0814. The molecule has 1 aromatic carbocycles. The lowest BCUT2D eigenvalue weighted by Crippen LogP contribution is -2.35. The normalized spacial score (nSPS) is 18.0. The molecule has 0 amide bonds. The van der Waals surface area contributed by atoms with Crippen LogP contribution in [0, 0.1) is 0 Å². The molecule has 0 saturated carbocycles. The number of pyridine rings is 1. The SMILES string of the molecule is COc1cc(C2=CCC(F)C=C2)ccc1CCNC1=C(N)C(=O)c2ncccc2C1=O. The van der Waals surface area contributed by atoms with E-state index in [1.807, 2.05) is 24.3 Å². The lowest BCUT2D eigenvalue weighted by molar-refractivity contribution is 0.0963. The van der Waals surface area contributed by atoms with Crippen molar-refractivity contribution in [2.24, 2.45) is 5.73 Å². The fourth-order valence-corrected chi connectivity index (χ4v) is 3.70. The molecule has 3 N–H and O–H groups in total. The molecule has 7 heteroatoms. The van der Waals surface area contributed by atoms with Crippen molar-refractivity contribution in [1.29, 1.82) is 0 Å². The molecule has 31 heavy (non-hydrogen) atoms. The molecule has 2 aliphatic rings. The van der Waals surface area contributed by atoms with E-state index in [4.69, 9.17) is 10.5 Å². The number of alkyl halides is 1. The highest BCUT2D eigenvalue weighted by Crippen LogP contribution is 2.28. The van der Waals surface area contributed by atoms with Crippen molar-refractivity contribution in [2.75, 3.05) is 13.7 Å². The number of hydrogen-bond donors (Lipinski definition) is 2. The van der Waals surface area contributed by atoms with Gasteiger partial charge in [-0.3, -0.25) is 14.6 Å². The van der Waals surface area contributed by atoms with Gasteiger partial charge in [0.05, 0.1) is 12.7 Å². The summed E-state index contributed by atoms with van der Waals surface area (Å²) >= 11 is 0. The number of nitrogens with zero attached hydrogens (tertiary/aromatic N) is 1. The zero-order valence-electron chi connectivity index (χ0n) is 17.0. The fourth-order valence-electron chi connectivity index (χ4n) is 3.70. The molecule has 0 bridgehead atoms. The highest BCUT2D eigenvalue weighted by atomic mass is 19.1. The Bertz CT molecular complexity index is 1150. The van der Waals surface area contributed by atoms with Crippen LogP contribution in [-0.4, -0.2) is 36.4 Å². The number of Topliss-reactive ketones (excluding diaryl/α,β-unsaturated/α-hetero) is 2. The molecule has 1 unspecified atom stereocenters. The van der Waals surface area contributed by atoms with E-state index in [1.165, 1.54) is 6.20 Å². The second-order valence-electron chi connectivity index (χ2n) is 7.32. The van der Waals surface area contributed by atoms with Crippen molar-refractivity contribution in [1.82, 2.24) is 10.3 Å². The van der Waals surface area contributed by atoms with E-state index in [0.717, 1.165) is 16.7 Å². The Kier molecular flexibility index (Phi) is 5.66. The first kappa shape index (κ1) is 20.5. The van der Waals surface area contributed by atoms with Crippen molar-refractivity contribution < 1.29 is 18.7 Å². The molecule has 0 fully saturated rings. The molecule has 1 aromatic heterocycles. The molecule has 2 aromatic rings. The Morgan fingerprint density at radius 2 is 2.10 bits per heavy atom. The van der Waals surface area contributed by atoms with E-state index < -0.39 is 12.0 Å². The van der Waals surface area contributed by atoms with E-state index in [1.54, 1.807) is 31.4 Å².